The summed E-state index contributed by atoms with van der Waals surface area (Å²) in [5.41, 5.74) is 8.25. The fourth-order valence-corrected chi connectivity index (χ4v) is 3.55. The van der Waals surface area contributed by atoms with Crippen molar-refractivity contribution < 1.29 is 4.79 Å². The van der Waals surface area contributed by atoms with E-state index in [4.69, 9.17) is 5.73 Å². The third-order valence-electron chi connectivity index (χ3n) is 4.25. The van der Waals surface area contributed by atoms with E-state index in [2.05, 4.69) is 40.0 Å². The fraction of sp³-hybridized carbons (Fsp3) is 0.278. The molecule has 1 saturated heterocycles. The van der Waals surface area contributed by atoms with Gasteiger partial charge in [-0.2, -0.15) is 0 Å². The molecule has 2 aromatic rings. The largest absolute Gasteiger partial charge is 0.399 e. The molecule has 0 radical (unpaired) electrons. The van der Waals surface area contributed by atoms with Crippen molar-refractivity contribution in [3.63, 3.8) is 0 Å². The summed E-state index contributed by atoms with van der Waals surface area (Å²) in [5, 5.41) is 0. The van der Waals surface area contributed by atoms with E-state index < -0.39 is 0 Å². The number of halogens is 1. The Morgan fingerprint density at radius 1 is 1.17 bits per heavy atom. The summed E-state index contributed by atoms with van der Waals surface area (Å²) in [7, 11) is 2.09. The highest BCUT2D eigenvalue weighted by atomic mass is 79.9. The van der Waals surface area contributed by atoms with Crippen LogP contribution in [0.4, 0.5) is 5.69 Å². The molecule has 1 atom stereocenters. The van der Waals surface area contributed by atoms with Gasteiger partial charge in [0, 0.05) is 29.8 Å². The first kappa shape index (κ1) is 16.0. The lowest BCUT2D eigenvalue weighted by atomic mass is 10.0. The monoisotopic (exact) mass is 373 g/mol. The summed E-state index contributed by atoms with van der Waals surface area (Å²) in [5.74, 6) is 0.0406. The molecule has 1 heterocycles. The van der Waals surface area contributed by atoms with Gasteiger partial charge in [0.2, 0.25) is 0 Å². The number of nitrogen functional groups attached to an aromatic ring is 1. The maximum Gasteiger partial charge on any atom is 0.255 e. The number of nitrogens with zero attached hydrogens (tertiary/aromatic N) is 2. The first-order chi connectivity index (χ1) is 11.1. The van der Waals surface area contributed by atoms with Crippen molar-refractivity contribution in [2.24, 2.45) is 0 Å². The Morgan fingerprint density at radius 2 is 1.91 bits per heavy atom. The average molecular weight is 374 g/mol. The number of hydrogen-bond donors (Lipinski definition) is 1. The SMILES string of the molecule is CN1CCN(C(=O)c2ccc(N)cc2Br)C(c2ccccc2)C1. The summed E-state index contributed by atoms with van der Waals surface area (Å²) in [6.07, 6.45) is 0. The first-order valence-electron chi connectivity index (χ1n) is 7.66. The van der Waals surface area contributed by atoms with Gasteiger partial charge < -0.3 is 15.5 Å². The van der Waals surface area contributed by atoms with Gasteiger partial charge in [0.25, 0.3) is 5.91 Å². The predicted octanol–water partition coefficient (Wildman–Crippen LogP) is 3.16. The van der Waals surface area contributed by atoms with Crippen molar-refractivity contribution in [3.05, 3.63) is 64.1 Å². The number of likely N-dealkylation sites (N-methyl/N-ethyl adjacent to an activating group) is 1. The van der Waals surface area contributed by atoms with Gasteiger partial charge in [-0.1, -0.05) is 30.3 Å². The van der Waals surface area contributed by atoms with Crippen LogP contribution in [0.3, 0.4) is 0 Å². The molecule has 1 aliphatic rings. The quantitative estimate of drug-likeness (QED) is 0.822. The Kier molecular flexibility index (Phi) is 4.68. The van der Waals surface area contributed by atoms with Gasteiger partial charge in [0.15, 0.2) is 0 Å². The minimum Gasteiger partial charge on any atom is -0.399 e. The second-order valence-corrected chi connectivity index (χ2v) is 6.78. The zero-order chi connectivity index (χ0) is 16.4. The second-order valence-electron chi connectivity index (χ2n) is 5.93. The molecule has 4 nitrogen and oxygen atoms in total. The van der Waals surface area contributed by atoms with Crippen molar-refractivity contribution in [2.45, 2.75) is 6.04 Å². The van der Waals surface area contributed by atoms with Gasteiger partial charge in [-0.05, 0) is 46.7 Å². The van der Waals surface area contributed by atoms with E-state index in [9.17, 15) is 4.79 Å². The van der Waals surface area contributed by atoms with Crippen LogP contribution in [0.5, 0.6) is 0 Å². The molecule has 0 saturated carbocycles. The Balaban J connectivity index is 1.93. The Bertz CT molecular complexity index is 705. The highest BCUT2D eigenvalue weighted by Gasteiger charge is 2.31. The molecule has 23 heavy (non-hydrogen) atoms. The van der Waals surface area contributed by atoms with E-state index in [0.29, 0.717) is 17.8 Å². The molecular formula is C18H20BrN3O. The Labute approximate surface area is 145 Å². The highest BCUT2D eigenvalue weighted by molar-refractivity contribution is 9.10. The zero-order valence-corrected chi connectivity index (χ0v) is 14.7. The number of rotatable bonds is 2. The molecule has 3 rings (SSSR count). The van der Waals surface area contributed by atoms with Crippen LogP contribution in [-0.2, 0) is 0 Å². The van der Waals surface area contributed by atoms with Gasteiger partial charge in [0.05, 0.1) is 11.6 Å². The summed E-state index contributed by atoms with van der Waals surface area (Å²) in [6, 6.07) is 15.6. The van der Waals surface area contributed by atoms with Crippen LogP contribution in [0.15, 0.2) is 53.0 Å². The van der Waals surface area contributed by atoms with Crippen LogP contribution in [0, 0.1) is 0 Å². The van der Waals surface area contributed by atoms with E-state index >= 15 is 0 Å². The molecule has 1 amide bonds. The van der Waals surface area contributed by atoms with Crippen molar-refractivity contribution in [3.8, 4) is 0 Å². The lowest BCUT2D eigenvalue weighted by Crippen LogP contribution is -2.49. The van der Waals surface area contributed by atoms with Crippen molar-refractivity contribution in [2.75, 3.05) is 32.4 Å². The normalized spacial score (nSPS) is 18.9. The lowest BCUT2D eigenvalue weighted by molar-refractivity contribution is 0.0497. The van der Waals surface area contributed by atoms with Crippen LogP contribution in [-0.4, -0.2) is 42.4 Å². The maximum atomic E-state index is 13.1. The number of carbonyl (C=O) groups excluding carboxylic acids is 1. The van der Waals surface area contributed by atoms with Crippen molar-refractivity contribution in [1.29, 1.82) is 0 Å². The van der Waals surface area contributed by atoms with E-state index in [0.717, 1.165) is 17.6 Å². The number of piperazine rings is 1. The Morgan fingerprint density at radius 3 is 2.61 bits per heavy atom. The minimum absolute atomic E-state index is 0.0406. The third kappa shape index (κ3) is 3.41. The minimum atomic E-state index is 0.0406. The topological polar surface area (TPSA) is 49.6 Å². The molecule has 0 aliphatic carbocycles. The van der Waals surface area contributed by atoms with Gasteiger partial charge in [0.1, 0.15) is 0 Å². The number of hydrogen-bond acceptors (Lipinski definition) is 3. The molecule has 0 spiro atoms. The van der Waals surface area contributed by atoms with Crippen molar-refractivity contribution in [1.82, 2.24) is 9.80 Å². The third-order valence-corrected chi connectivity index (χ3v) is 4.91. The number of benzene rings is 2. The smallest absolute Gasteiger partial charge is 0.255 e. The number of anilines is 1. The average Bonchev–Trinajstić information content (AvgIpc) is 2.55. The molecule has 1 aliphatic heterocycles. The van der Waals surface area contributed by atoms with Gasteiger partial charge in [-0.15, -0.1) is 0 Å². The Hall–Kier alpha value is -1.85. The number of nitrogens with two attached hydrogens (primary N) is 1. The van der Waals surface area contributed by atoms with Gasteiger partial charge in [-0.25, -0.2) is 0 Å². The van der Waals surface area contributed by atoms with Crippen LogP contribution in [0.1, 0.15) is 22.0 Å². The van der Waals surface area contributed by atoms with Gasteiger partial charge >= 0.3 is 0 Å². The van der Waals surface area contributed by atoms with Gasteiger partial charge in [-0.3, -0.25) is 4.79 Å². The zero-order valence-electron chi connectivity index (χ0n) is 13.1. The number of amides is 1. The first-order valence-corrected chi connectivity index (χ1v) is 8.45. The predicted molar refractivity (Wildman–Crippen MR) is 96.3 cm³/mol. The maximum absolute atomic E-state index is 13.1. The van der Waals surface area contributed by atoms with E-state index in [1.54, 1.807) is 18.2 Å². The molecule has 0 bridgehead atoms. The summed E-state index contributed by atoms with van der Waals surface area (Å²) in [4.78, 5) is 17.3. The van der Waals surface area contributed by atoms with E-state index in [1.807, 2.05) is 23.1 Å². The molecule has 2 N–H and O–H groups in total. The molecule has 5 heteroatoms. The van der Waals surface area contributed by atoms with E-state index in [-0.39, 0.29) is 11.9 Å². The lowest BCUT2D eigenvalue weighted by Gasteiger charge is -2.40. The van der Waals surface area contributed by atoms with Crippen LogP contribution < -0.4 is 5.73 Å². The van der Waals surface area contributed by atoms with Crippen molar-refractivity contribution >= 4 is 27.5 Å². The molecule has 1 fully saturated rings. The molecular weight excluding hydrogens is 354 g/mol. The molecule has 1 unspecified atom stereocenters. The molecule has 120 valence electrons. The van der Waals surface area contributed by atoms with E-state index in [1.165, 1.54) is 5.56 Å². The highest BCUT2D eigenvalue weighted by Crippen LogP contribution is 2.29. The molecule has 2 aromatic carbocycles. The van der Waals surface area contributed by atoms with Crippen LogP contribution >= 0.6 is 15.9 Å². The summed E-state index contributed by atoms with van der Waals surface area (Å²) in [6.45, 7) is 2.43. The molecule has 0 aromatic heterocycles. The number of carbonyl (C=O) groups is 1. The van der Waals surface area contributed by atoms with Crippen LogP contribution in [0.25, 0.3) is 0 Å². The summed E-state index contributed by atoms with van der Waals surface area (Å²) >= 11 is 3.46. The van der Waals surface area contributed by atoms with Crippen LogP contribution in [0.2, 0.25) is 0 Å². The standard InChI is InChI=1S/C18H20BrN3O/c1-21-9-10-22(17(12-21)13-5-3-2-4-6-13)18(23)15-8-7-14(20)11-16(15)19/h2-8,11,17H,9-10,12,20H2,1H3. The second kappa shape index (κ2) is 6.72. The fourth-order valence-electron chi connectivity index (χ4n) is 2.98. The summed E-state index contributed by atoms with van der Waals surface area (Å²) < 4.78 is 0.744.